The Morgan fingerprint density at radius 1 is 1.48 bits per heavy atom. The van der Waals surface area contributed by atoms with Crippen LogP contribution in [0.2, 0.25) is 0 Å². The number of hydrogen-bond donors (Lipinski definition) is 2. The molecule has 1 aliphatic heterocycles. The number of nitrogens with zero attached hydrogens (tertiary/aromatic N) is 1. The molecule has 114 valence electrons. The van der Waals surface area contributed by atoms with Gasteiger partial charge in [-0.3, -0.25) is 0 Å². The van der Waals surface area contributed by atoms with Gasteiger partial charge in [-0.15, -0.1) is 0 Å². The summed E-state index contributed by atoms with van der Waals surface area (Å²) in [6.07, 6.45) is 3.21. The highest BCUT2D eigenvalue weighted by molar-refractivity contribution is 9.10. The molecular weight excluding hydrogens is 336 g/mol. The Kier molecular flexibility index (Phi) is 5.22. The van der Waals surface area contributed by atoms with E-state index in [-0.39, 0.29) is 11.6 Å². The topological polar surface area (TPSA) is 69.6 Å². The van der Waals surface area contributed by atoms with Crippen LogP contribution in [-0.2, 0) is 0 Å². The number of carbonyl (C=O) groups is 2. The van der Waals surface area contributed by atoms with Gasteiger partial charge in [-0.2, -0.15) is 0 Å². The standard InChI is InChI=1S/C15H19BrN2O3/c1-2-10-4-3-7-18(9-10)15(21)17-13-6-5-11(16)8-12(13)14(19)20/h5-6,8,10H,2-4,7,9H2,1H3,(H,17,21)(H,19,20). The van der Waals surface area contributed by atoms with Crippen molar-refractivity contribution >= 4 is 33.6 Å². The largest absolute Gasteiger partial charge is 0.478 e. The minimum absolute atomic E-state index is 0.0850. The first-order valence-electron chi connectivity index (χ1n) is 7.10. The summed E-state index contributed by atoms with van der Waals surface area (Å²) in [7, 11) is 0. The number of amides is 2. The lowest BCUT2D eigenvalue weighted by atomic mass is 9.96. The average molecular weight is 355 g/mol. The number of nitrogens with one attached hydrogen (secondary N) is 1. The molecule has 1 unspecified atom stereocenters. The molecule has 2 rings (SSSR count). The van der Waals surface area contributed by atoms with E-state index in [1.165, 1.54) is 6.07 Å². The van der Waals surface area contributed by atoms with Crippen LogP contribution < -0.4 is 5.32 Å². The smallest absolute Gasteiger partial charge is 0.337 e. The van der Waals surface area contributed by atoms with Gasteiger partial charge in [0.05, 0.1) is 11.3 Å². The van der Waals surface area contributed by atoms with Crippen LogP contribution in [0.1, 0.15) is 36.5 Å². The maximum atomic E-state index is 12.3. The molecule has 1 aromatic carbocycles. The molecule has 2 amide bonds. The predicted molar refractivity (Wildman–Crippen MR) is 84.7 cm³/mol. The molecule has 5 nitrogen and oxygen atoms in total. The average Bonchev–Trinajstić information content (AvgIpc) is 2.48. The van der Waals surface area contributed by atoms with Gasteiger partial charge in [0.15, 0.2) is 0 Å². The van der Waals surface area contributed by atoms with E-state index < -0.39 is 5.97 Å². The number of rotatable bonds is 3. The van der Waals surface area contributed by atoms with Gasteiger partial charge in [0.2, 0.25) is 0 Å². The summed E-state index contributed by atoms with van der Waals surface area (Å²) in [5.41, 5.74) is 0.413. The maximum Gasteiger partial charge on any atom is 0.337 e. The molecule has 0 bridgehead atoms. The third-order valence-corrected chi connectivity index (χ3v) is 4.33. The highest BCUT2D eigenvalue weighted by Gasteiger charge is 2.23. The SMILES string of the molecule is CCC1CCCN(C(=O)Nc2ccc(Br)cc2C(=O)O)C1. The Labute approximate surface area is 132 Å². The molecule has 0 aromatic heterocycles. The van der Waals surface area contributed by atoms with Crippen LogP contribution in [0.4, 0.5) is 10.5 Å². The second-order valence-corrected chi connectivity index (χ2v) is 6.20. The summed E-state index contributed by atoms with van der Waals surface area (Å²) in [6, 6.07) is 4.58. The van der Waals surface area contributed by atoms with Gasteiger partial charge in [0.1, 0.15) is 0 Å². The zero-order chi connectivity index (χ0) is 15.4. The van der Waals surface area contributed by atoms with Gasteiger partial charge in [-0.05, 0) is 37.0 Å². The zero-order valence-electron chi connectivity index (χ0n) is 11.9. The molecule has 1 aromatic rings. The number of hydrogen-bond acceptors (Lipinski definition) is 2. The van der Waals surface area contributed by atoms with Crippen LogP contribution in [0, 0.1) is 5.92 Å². The second-order valence-electron chi connectivity index (χ2n) is 5.29. The number of anilines is 1. The van der Waals surface area contributed by atoms with Gasteiger partial charge >= 0.3 is 12.0 Å². The van der Waals surface area contributed by atoms with Crippen molar-refractivity contribution in [2.24, 2.45) is 5.92 Å². The van der Waals surface area contributed by atoms with E-state index in [2.05, 4.69) is 28.2 Å². The fourth-order valence-electron chi connectivity index (χ4n) is 2.58. The number of likely N-dealkylation sites (tertiary alicyclic amines) is 1. The number of piperidine rings is 1. The van der Waals surface area contributed by atoms with Gasteiger partial charge in [0, 0.05) is 17.6 Å². The highest BCUT2D eigenvalue weighted by Crippen LogP contribution is 2.23. The minimum Gasteiger partial charge on any atom is -0.478 e. The predicted octanol–water partition coefficient (Wildman–Crippen LogP) is 3.80. The molecule has 1 aliphatic rings. The molecule has 1 atom stereocenters. The first kappa shape index (κ1) is 15.8. The Bertz CT molecular complexity index is 548. The Hall–Kier alpha value is -1.56. The van der Waals surface area contributed by atoms with Crippen molar-refractivity contribution in [1.29, 1.82) is 0 Å². The number of carboxylic acid groups (broad SMARTS) is 1. The van der Waals surface area contributed by atoms with E-state index in [0.717, 1.165) is 32.4 Å². The Morgan fingerprint density at radius 2 is 2.24 bits per heavy atom. The highest BCUT2D eigenvalue weighted by atomic mass is 79.9. The lowest BCUT2D eigenvalue weighted by Gasteiger charge is -2.32. The van der Waals surface area contributed by atoms with Crippen LogP contribution in [0.25, 0.3) is 0 Å². The summed E-state index contributed by atoms with van der Waals surface area (Å²) < 4.78 is 0.668. The molecule has 0 spiro atoms. The Morgan fingerprint density at radius 3 is 2.90 bits per heavy atom. The van der Waals surface area contributed by atoms with Crippen LogP contribution in [0.15, 0.2) is 22.7 Å². The Balaban J connectivity index is 2.11. The van der Waals surface area contributed by atoms with Crippen LogP contribution >= 0.6 is 15.9 Å². The first-order valence-corrected chi connectivity index (χ1v) is 7.89. The van der Waals surface area contributed by atoms with Crippen molar-refractivity contribution in [2.75, 3.05) is 18.4 Å². The van der Waals surface area contributed by atoms with Gasteiger partial charge in [0.25, 0.3) is 0 Å². The van der Waals surface area contributed by atoms with E-state index >= 15 is 0 Å². The summed E-state index contributed by atoms with van der Waals surface area (Å²) in [5, 5.41) is 11.9. The van der Waals surface area contributed by atoms with E-state index in [9.17, 15) is 14.7 Å². The number of benzene rings is 1. The number of halogens is 1. The summed E-state index contributed by atoms with van der Waals surface area (Å²) in [5.74, 6) is -0.523. The molecule has 0 saturated carbocycles. The van der Waals surface area contributed by atoms with E-state index in [1.54, 1.807) is 17.0 Å². The molecule has 2 N–H and O–H groups in total. The molecule has 1 heterocycles. The van der Waals surface area contributed by atoms with Gasteiger partial charge in [-0.25, -0.2) is 9.59 Å². The van der Waals surface area contributed by atoms with Crippen molar-refractivity contribution in [3.63, 3.8) is 0 Å². The normalized spacial score (nSPS) is 18.4. The van der Waals surface area contributed by atoms with Crippen molar-refractivity contribution < 1.29 is 14.7 Å². The van der Waals surface area contributed by atoms with E-state index in [1.807, 2.05) is 0 Å². The van der Waals surface area contributed by atoms with Crippen LogP contribution in [0.3, 0.4) is 0 Å². The third kappa shape index (κ3) is 3.97. The fourth-order valence-corrected chi connectivity index (χ4v) is 2.94. The van der Waals surface area contributed by atoms with Crippen molar-refractivity contribution in [1.82, 2.24) is 4.90 Å². The fraction of sp³-hybridized carbons (Fsp3) is 0.467. The molecule has 1 fully saturated rings. The van der Waals surface area contributed by atoms with Crippen molar-refractivity contribution in [3.8, 4) is 0 Å². The minimum atomic E-state index is -1.06. The summed E-state index contributed by atoms with van der Waals surface area (Å²) in [4.78, 5) is 25.3. The lowest BCUT2D eigenvalue weighted by molar-refractivity contribution is 0.0698. The second kappa shape index (κ2) is 6.93. The molecule has 6 heteroatoms. The molecule has 1 saturated heterocycles. The zero-order valence-corrected chi connectivity index (χ0v) is 13.5. The maximum absolute atomic E-state index is 12.3. The molecule has 21 heavy (non-hydrogen) atoms. The number of urea groups is 1. The van der Waals surface area contributed by atoms with Gasteiger partial charge in [-0.1, -0.05) is 29.3 Å². The summed E-state index contributed by atoms with van der Waals surface area (Å²) in [6.45, 7) is 3.59. The summed E-state index contributed by atoms with van der Waals surface area (Å²) >= 11 is 3.24. The van der Waals surface area contributed by atoms with E-state index in [4.69, 9.17) is 0 Å². The number of carboxylic acids is 1. The monoisotopic (exact) mass is 354 g/mol. The molecule has 0 radical (unpaired) electrons. The number of carbonyl (C=O) groups excluding carboxylic acids is 1. The van der Waals surface area contributed by atoms with Crippen molar-refractivity contribution in [2.45, 2.75) is 26.2 Å². The molecular formula is C15H19BrN2O3. The molecule has 0 aliphatic carbocycles. The quantitative estimate of drug-likeness (QED) is 0.867. The van der Waals surface area contributed by atoms with Crippen LogP contribution in [0.5, 0.6) is 0 Å². The van der Waals surface area contributed by atoms with E-state index in [0.29, 0.717) is 16.1 Å². The van der Waals surface area contributed by atoms with Crippen molar-refractivity contribution in [3.05, 3.63) is 28.2 Å². The number of aromatic carboxylic acids is 1. The van der Waals surface area contributed by atoms with Crippen LogP contribution in [-0.4, -0.2) is 35.1 Å². The third-order valence-electron chi connectivity index (χ3n) is 3.84. The van der Waals surface area contributed by atoms with Gasteiger partial charge < -0.3 is 15.3 Å². The lowest BCUT2D eigenvalue weighted by Crippen LogP contribution is -2.42. The first-order chi connectivity index (χ1) is 10.0.